The molecule has 0 unspecified atom stereocenters. The lowest BCUT2D eigenvalue weighted by atomic mass is 10.2. The van der Waals surface area contributed by atoms with E-state index in [1.165, 1.54) is 11.8 Å². The van der Waals surface area contributed by atoms with Crippen LogP contribution in [0.25, 0.3) is 0 Å². The third kappa shape index (κ3) is 3.14. The number of aromatic nitrogens is 1. The standard InChI is InChI=1S/C18H18N2O3S/c1-12(23-18(22)14-7-5-10-19-16(14)24-2)17(21)20-11-9-13-6-3-4-8-15(13)20/h3-8,10,12H,9,11H2,1-2H3/t12-/m1/s1. The van der Waals surface area contributed by atoms with Gasteiger partial charge in [0.2, 0.25) is 0 Å². The maximum absolute atomic E-state index is 12.7. The van der Waals surface area contributed by atoms with Crippen molar-refractivity contribution in [1.82, 2.24) is 4.98 Å². The molecular weight excluding hydrogens is 324 g/mol. The summed E-state index contributed by atoms with van der Waals surface area (Å²) in [5.74, 6) is -0.733. The number of hydrogen-bond donors (Lipinski definition) is 0. The van der Waals surface area contributed by atoms with Crippen molar-refractivity contribution >= 4 is 29.3 Å². The van der Waals surface area contributed by atoms with Crippen molar-refractivity contribution in [3.63, 3.8) is 0 Å². The van der Waals surface area contributed by atoms with Gasteiger partial charge in [-0.05, 0) is 43.4 Å². The van der Waals surface area contributed by atoms with Crippen molar-refractivity contribution in [2.75, 3.05) is 17.7 Å². The predicted octanol–water partition coefficient (Wildman–Crippen LogP) is 2.94. The van der Waals surface area contributed by atoms with Gasteiger partial charge in [0.05, 0.1) is 5.56 Å². The molecule has 2 heterocycles. The number of fused-ring (bicyclic) bond motifs is 1. The zero-order valence-corrected chi connectivity index (χ0v) is 14.4. The van der Waals surface area contributed by atoms with Gasteiger partial charge in [0.25, 0.3) is 5.91 Å². The van der Waals surface area contributed by atoms with Crippen molar-refractivity contribution in [3.8, 4) is 0 Å². The van der Waals surface area contributed by atoms with Gasteiger partial charge in [0, 0.05) is 18.4 Å². The number of amides is 1. The first kappa shape index (κ1) is 16.5. The number of pyridine rings is 1. The molecule has 1 atom stereocenters. The summed E-state index contributed by atoms with van der Waals surface area (Å²) in [4.78, 5) is 30.8. The second-order valence-corrected chi connectivity index (χ2v) is 6.27. The number of esters is 1. The lowest BCUT2D eigenvalue weighted by Crippen LogP contribution is -2.39. The van der Waals surface area contributed by atoms with E-state index in [0.29, 0.717) is 17.1 Å². The molecule has 1 aliphatic heterocycles. The minimum Gasteiger partial charge on any atom is -0.449 e. The lowest BCUT2D eigenvalue weighted by Gasteiger charge is -2.21. The number of hydrogen-bond acceptors (Lipinski definition) is 5. The highest BCUT2D eigenvalue weighted by Crippen LogP contribution is 2.28. The second-order valence-electron chi connectivity index (χ2n) is 5.48. The fourth-order valence-corrected chi connectivity index (χ4v) is 3.31. The number of carbonyl (C=O) groups is 2. The number of rotatable bonds is 4. The molecule has 3 rings (SSSR count). The van der Waals surface area contributed by atoms with Crippen LogP contribution in [0.5, 0.6) is 0 Å². The van der Waals surface area contributed by atoms with Gasteiger partial charge < -0.3 is 9.64 Å². The zero-order chi connectivity index (χ0) is 17.1. The first-order valence-electron chi connectivity index (χ1n) is 7.71. The predicted molar refractivity (Wildman–Crippen MR) is 93.4 cm³/mol. The Morgan fingerprint density at radius 1 is 1.25 bits per heavy atom. The molecule has 24 heavy (non-hydrogen) atoms. The minimum absolute atomic E-state index is 0.206. The number of nitrogens with zero attached hydrogens (tertiary/aromatic N) is 2. The number of thioether (sulfide) groups is 1. The Bertz CT molecular complexity index is 778. The average molecular weight is 342 g/mol. The van der Waals surface area contributed by atoms with Crippen LogP contribution in [0.3, 0.4) is 0 Å². The Balaban J connectivity index is 1.72. The molecule has 0 aliphatic carbocycles. The molecule has 0 radical (unpaired) electrons. The van der Waals surface area contributed by atoms with Gasteiger partial charge in [-0.1, -0.05) is 18.2 Å². The van der Waals surface area contributed by atoms with Crippen LogP contribution in [-0.2, 0) is 16.0 Å². The van der Waals surface area contributed by atoms with E-state index in [4.69, 9.17) is 4.74 Å². The summed E-state index contributed by atoms with van der Waals surface area (Å²) in [7, 11) is 0. The molecule has 1 aromatic heterocycles. The Kier molecular flexibility index (Phi) is 4.85. The number of carbonyl (C=O) groups excluding carboxylic acids is 2. The van der Waals surface area contributed by atoms with Gasteiger partial charge in [-0.3, -0.25) is 4.79 Å². The largest absolute Gasteiger partial charge is 0.449 e. The summed E-state index contributed by atoms with van der Waals surface area (Å²) in [6.07, 6.45) is 3.44. The van der Waals surface area contributed by atoms with Crippen molar-refractivity contribution in [2.24, 2.45) is 0 Å². The smallest absolute Gasteiger partial charge is 0.341 e. The van der Waals surface area contributed by atoms with E-state index in [1.54, 1.807) is 30.2 Å². The van der Waals surface area contributed by atoms with Crippen molar-refractivity contribution in [2.45, 2.75) is 24.5 Å². The Morgan fingerprint density at radius 3 is 2.83 bits per heavy atom. The van der Waals surface area contributed by atoms with Gasteiger partial charge in [0.15, 0.2) is 6.10 Å². The third-order valence-electron chi connectivity index (χ3n) is 3.97. The summed E-state index contributed by atoms with van der Waals surface area (Å²) in [5.41, 5.74) is 2.42. The summed E-state index contributed by atoms with van der Waals surface area (Å²) >= 11 is 1.37. The highest BCUT2D eigenvalue weighted by molar-refractivity contribution is 7.98. The third-order valence-corrected chi connectivity index (χ3v) is 4.68. The van der Waals surface area contributed by atoms with Crippen LogP contribution in [0.2, 0.25) is 0 Å². The van der Waals surface area contributed by atoms with E-state index in [2.05, 4.69) is 4.98 Å². The number of para-hydroxylation sites is 1. The van der Waals surface area contributed by atoms with E-state index in [0.717, 1.165) is 17.7 Å². The number of anilines is 1. The molecule has 1 aromatic carbocycles. The maximum Gasteiger partial charge on any atom is 0.341 e. The molecule has 1 amide bonds. The average Bonchev–Trinajstić information content (AvgIpc) is 3.04. The summed E-state index contributed by atoms with van der Waals surface area (Å²) in [6, 6.07) is 11.1. The Morgan fingerprint density at radius 2 is 2.04 bits per heavy atom. The van der Waals surface area contributed by atoms with E-state index < -0.39 is 12.1 Å². The first-order valence-corrected chi connectivity index (χ1v) is 8.93. The van der Waals surface area contributed by atoms with Gasteiger partial charge in [-0.25, -0.2) is 9.78 Å². The molecule has 0 fully saturated rings. The Labute approximate surface area is 145 Å². The Hall–Kier alpha value is -2.34. The number of benzene rings is 1. The molecule has 6 heteroatoms. The molecule has 0 spiro atoms. The van der Waals surface area contributed by atoms with Gasteiger partial charge in [-0.2, -0.15) is 0 Å². The molecule has 0 N–H and O–H groups in total. The van der Waals surface area contributed by atoms with Gasteiger partial charge in [-0.15, -0.1) is 11.8 Å². The molecule has 5 nitrogen and oxygen atoms in total. The zero-order valence-electron chi connectivity index (χ0n) is 13.6. The van der Waals surface area contributed by atoms with Crippen LogP contribution in [-0.4, -0.2) is 35.8 Å². The summed E-state index contributed by atoms with van der Waals surface area (Å²) in [5, 5.41) is 0.591. The molecule has 1 aliphatic rings. The highest BCUT2D eigenvalue weighted by Gasteiger charge is 2.30. The van der Waals surface area contributed by atoms with Crippen molar-refractivity contribution < 1.29 is 14.3 Å². The monoisotopic (exact) mass is 342 g/mol. The topological polar surface area (TPSA) is 59.5 Å². The van der Waals surface area contributed by atoms with Crippen LogP contribution in [0.15, 0.2) is 47.6 Å². The summed E-state index contributed by atoms with van der Waals surface area (Å²) < 4.78 is 5.38. The van der Waals surface area contributed by atoms with Crippen LogP contribution >= 0.6 is 11.8 Å². The lowest BCUT2D eigenvalue weighted by molar-refractivity contribution is -0.126. The quantitative estimate of drug-likeness (QED) is 0.631. The molecule has 0 saturated heterocycles. The molecule has 0 saturated carbocycles. The SMILES string of the molecule is CSc1ncccc1C(=O)O[C@H](C)C(=O)N1CCc2ccccc21. The molecule has 0 bridgehead atoms. The molecule has 2 aromatic rings. The molecule has 124 valence electrons. The first-order chi connectivity index (χ1) is 11.6. The normalized spacial score (nSPS) is 14.2. The van der Waals surface area contributed by atoms with Crippen LogP contribution in [0.4, 0.5) is 5.69 Å². The summed E-state index contributed by atoms with van der Waals surface area (Å²) in [6.45, 7) is 2.22. The van der Waals surface area contributed by atoms with Crippen LogP contribution in [0, 0.1) is 0 Å². The fraction of sp³-hybridized carbons (Fsp3) is 0.278. The van der Waals surface area contributed by atoms with E-state index >= 15 is 0 Å². The van der Waals surface area contributed by atoms with E-state index in [1.807, 2.05) is 30.5 Å². The van der Waals surface area contributed by atoms with E-state index in [9.17, 15) is 9.59 Å². The minimum atomic E-state index is -0.849. The van der Waals surface area contributed by atoms with Gasteiger partial charge in [0.1, 0.15) is 5.03 Å². The maximum atomic E-state index is 12.7. The fourth-order valence-electron chi connectivity index (χ4n) is 2.77. The van der Waals surface area contributed by atoms with Crippen LogP contribution < -0.4 is 4.90 Å². The van der Waals surface area contributed by atoms with Crippen molar-refractivity contribution in [3.05, 3.63) is 53.7 Å². The van der Waals surface area contributed by atoms with Gasteiger partial charge >= 0.3 is 5.97 Å². The second kappa shape index (κ2) is 7.05. The van der Waals surface area contributed by atoms with E-state index in [-0.39, 0.29) is 5.91 Å². The molecular formula is C18H18N2O3S. The van der Waals surface area contributed by atoms with Crippen molar-refractivity contribution in [1.29, 1.82) is 0 Å². The number of ether oxygens (including phenoxy) is 1. The highest BCUT2D eigenvalue weighted by atomic mass is 32.2. The van der Waals surface area contributed by atoms with Crippen LogP contribution in [0.1, 0.15) is 22.8 Å².